The quantitative estimate of drug-likeness (QED) is 0.749. The van der Waals surface area contributed by atoms with Gasteiger partial charge in [0, 0.05) is 24.2 Å². The van der Waals surface area contributed by atoms with Gasteiger partial charge in [0.1, 0.15) is 6.10 Å². The number of alkyl halides is 1. The fraction of sp³-hybridized carbons (Fsp3) is 0.727. The summed E-state index contributed by atoms with van der Waals surface area (Å²) in [7, 11) is 0. The third-order valence-corrected chi connectivity index (χ3v) is 2.53. The molecule has 5 heteroatoms. The van der Waals surface area contributed by atoms with Gasteiger partial charge >= 0.3 is 0 Å². The van der Waals surface area contributed by atoms with Gasteiger partial charge < -0.3 is 10.2 Å². The summed E-state index contributed by atoms with van der Waals surface area (Å²) < 4.78 is 1.77. The van der Waals surface area contributed by atoms with E-state index >= 15 is 0 Å². The van der Waals surface area contributed by atoms with E-state index in [-0.39, 0.29) is 0 Å². The average Bonchev–Trinajstić information content (AvgIpc) is 2.64. The molecule has 2 unspecified atom stereocenters. The number of hydrogen-bond donors (Lipinski definition) is 2. The lowest BCUT2D eigenvalue weighted by molar-refractivity contribution is 0.0169. The molecule has 92 valence electrons. The molecular weight excluding hydrogens is 228 g/mol. The molecule has 0 radical (unpaired) electrons. The molecule has 2 atom stereocenters. The van der Waals surface area contributed by atoms with Crippen molar-refractivity contribution in [2.24, 2.45) is 5.92 Å². The van der Waals surface area contributed by atoms with Crippen LogP contribution in [0.25, 0.3) is 0 Å². The number of nitrogens with zero attached hydrogens (tertiary/aromatic N) is 2. The van der Waals surface area contributed by atoms with Crippen molar-refractivity contribution in [3.63, 3.8) is 0 Å². The van der Waals surface area contributed by atoms with Crippen molar-refractivity contribution >= 4 is 11.6 Å². The van der Waals surface area contributed by atoms with E-state index in [2.05, 4.69) is 18.9 Å². The van der Waals surface area contributed by atoms with E-state index in [9.17, 15) is 10.2 Å². The lowest BCUT2D eigenvalue weighted by atomic mass is 10.1. The number of halogens is 1. The first-order valence-electron chi connectivity index (χ1n) is 5.49. The maximum absolute atomic E-state index is 9.81. The van der Waals surface area contributed by atoms with Crippen LogP contribution in [0.1, 0.15) is 31.9 Å². The van der Waals surface area contributed by atoms with Crippen molar-refractivity contribution in [3.05, 3.63) is 18.0 Å². The molecule has 16 heavy (non-hydrogen) atoms. The van der Waals surface area contributed by atoms with E-state index in [4.69, 9.17) is 11.6 Å². The van der Waals surface area contributed by atoms with Crippen LogP contribution in [-0.2, 0) is 6.54 Å². The Labute approximate surface area is 101 Å². The van der Waals surface area contributed by atoms with Crippen LogP contribution in [0.5, 0.6) is 0 Å². The number of aliphatic hydroxyl groups excluding tert-OH is 2. The normalized spacial score (nSPS) is 15.4. The maximum Gasteiger partial charge on any atom is 0.108 e. The van der Waals surface area contributed by atoms with Crippen molar-refractivity contribution in [1.29, 1.82) is 0 Å². The summed E-state index contributed by atoms with van der Waals surface area (Å²) in [6, 6.07) is 0. The highest BCUT2D eigenvalue weighted by molar-refractivity contribution is 6.17. The van der Waals surface area contributed by atoms with Crippen LogP contribution in [0.15, 0.2) is 12.4 Å². The standard InChI is InChI=1S/C11H19ClN2O2/c1-8(2)6-14-7-9(5-13-14)11(16)10(15)3-4-12/h5,7-8,10-11,15-16H,3-4,6H2,1-2H3. The lowest BCUT2D eigenvalue weighted by Gasteiger charge is -2.14. The van der Waals surface area contributed by atoms with Crippen LogP contribution in [-0.4, -0.2) is 32.0 Å². The van der Waals surface area contributed by atoms with Gasteiger partial charge in [0.05, 0.1) is 12.3 Å². The number of aliphatic hydroxyl groups is 2. The molecule has 0 bridgehead atoms. The van der Waals surface area contributed by atoms with Gasteiger partial charge in [-0.3, -0.25) is 4.68 Å². The number of hydrogen-bond acceptors (Lipinski definition) is 3. The van der Waals surface area contributed by atoms with Gasteiger partial charge in [0.15, 0.2) is 0 Å². The average molecular weight is 247 g/mol. The molecule has 4 nitrogen and oxygen atoms in total. The summed E-state index contributed by atoms with van der Waals surface area (Å²) in [4.78, 5) is 0. The van der Waals surface area contributed by atoms with Gasteiger partial charge in [-0.1, -0.05) is 13.8 Å². The minimum Gasteiger partial charge on any atom is -0.390 e. The number of rotatable bonds is 6. The summed E-state index contributed by atoms with van der Waals surface area (Å²) in [5.74, 6) is 0.830. The van der Waals surface area contributed by atoms with Gasteiger partial charge in [-0.25, -0.2) is 0 Å². The molecule has 0 spiro atoms. The van der Waals surface area contributed by atoms with Crippen molar-refractivity contribution < 1.29 is 10.2 Å². The largest absolute Gasteiger partial charge is 0.390 e. The molecule has 0 aliphatic carbocycles. The zero-order valence-electron chi connectivity index (χ0n) is 9.67. The second kappa shape index (κ2) is 6.23. The lowest BCUT2D eigenvalue weighted by Crippen LogP contribution is -2.18. The smallest absolute Gasteiger partial charge is 0.108 e. The van der Waals surface area contributed by atoms with Crippen molar-refractivity contribution in [1.82, 2.24) is 9.78 Å². The van der Waals surface area contributed by atoms with Gasteiger partial charge in [0.2, 0.25) is 0 Å². The van der Waals surface area contributed by atoms with Gasteiger partial charge in [0.25, 0.3) is 0 Å². The molecule has 1 rings (SSSR count). The van der Waals surface area contributed by atoms with E-state index in [1.54, 1.807) is 17.1 Å². The van der Waals surface area contributed by atoms with E-state index in [0.29, 0.717) is 23.8 Å². The molecule has 0 saturated carbocycles. The Hall–Kier alpha value is -0.580. The molecule has 0 fully saturated rings. The fourth-order valence-corrected chi connectivity index (χ4v) is 1.72. The maximum atomic E-state index is 9.81. The predicted octanol–water partition coefficient (Wildman–Crippen LogP) is 1.56. The minimum absolute atomic E-state index is 0.332. The summed E-state index contributed by atoms with van der Waals surface area (Å²) in [5, 5.41) is 23.5. The molecule has 0 aliphatic rings. The van der Waals surface area contributed by atoms with Crippen LogP contribution in [0.4, 0.5) is 0 Å². The molecule has 0 aromatic carbocycles. The molecule has 0 amide bonds. The molecular formula is C11H19ClN2O2. The molecule has 2 N–H and O–H groups in total. The monoisotopic (exact) mass is 246 g/mol. The highest BCUT2D eigenvalue weighted by Crippen LogP contribution is 2.18. The Balaban J connectivity index is 2.62. The Kier molecular flexibility index (Phi) is 5.25. The van der Waals surface area contributed by atoms with Crippen LogP contribution in [0, 0.1) is 5.92 Å². The van der Waals surface area contributed by atoms with Crippen LogP contribution >= 0.6 is 11.6 Å². The molecule has 1 aromatic rings. The van der Waals surface area contributed by atoms with Crippen molar-refractivity contribution in [3.8, 4) is 0 Å². The van der Waals surface area contributed by atoms with Crippen molar-refractivity contribution in [2.45, 2.75) is 39.0 Å². The first-order chi connectivity index (χ1) is 7.54. The van der Waals surface area contributed by atoms with Gasteiger partial charge in [-0.05, 0) is 12.3 Å². The Morgan fingerprint density at radius 1 is 1.44 bits per heavy atom. The highest BCUT2D eigenvalue weighted by atomic mass is 35.5. The highest BCUT2D eigenvalue weighted by Gasteiger charge is 2.19. The first kappa shape index (κ1) is 13.5. The predicted molar refractivity (Wildman–Crippen MR) is 63.4 cm³/mol. The summed E-state index contributed by atoms with van der Waals surface area (Å²) >= 11 is 5.51. The topological polar surface area (TPSA) is 58.3 Å². The van der Waals surface area contributed by atoms with Crippen LogP contribution in [0.2, 0.25) is 0 Å². The van der Waals surface area contributed by atoms with Crippen LogP contribution in [0.3, 0.4) is 0 Å². The Morgan fingerprint density at radius 3 is 2.69 bits per heavy atom. The summed E-state index contributed by atoms with van der Waals surface area (Å²) in [5.41, 5.74) is 0.637. The van der Waals surface area contributed by atoms with E-state index in [1.165, 1.54) is 0 Å². The third-order valence-electron chi connectivity index (χ3n) is 2.32. The second-order valence-corrected chi connectivity index (χ2v) is 4.76. The van der Waals surface area contributed by atoms with Gasteiger partial charge in [-0.2, -0.15) is 5.10 Å². The Morgan fingerprint density at radius 2 is 2.12 bits per heavy atom. The number of aromatic nitrogens is 2. The Bertz CT molecular complexity index is 315. The molecule has 0 aliphatic heterocycles. The fourth-order valence-electron chi connectivity index (χ4n) is 1.50. The molecule has 0 saturated heterocycles. The van der Waals surface area contributed by atoms with Crippen LogP contribution < -0.4 is 0 Å². The van der Waals surface area contributed by atoms with Crippen molar-refractivity contribution in [2.75, 3.05) is 5.88 Å². The zero-order chi connectivity index (χ0) is 12.1. The van der Waals surface area contributed by atoms with E-state index < -0.39 is 12.2 Å². The second-order valence-electron chi connectivity index (χ2n) is 4.38. The first-order valence-corrected chi connectivity index (χ1v) is 6.02. The third kappa shape index (κ3) is 3.77. The summed E-state index contributed by atoms with van der Waals surface area (Å²) in [6.07, 6.45) is 2.00. The van der Waals surface area contributed by atoms with E-state index in [0.717, 1.165) is 6.54 Å². The van der Waals surface area contributed by atoms with Gasteiger partial charge in [-0.15, -0.1) is 11.6 Å². The minimum atomic E-state index is -0.903. The summed E-state index contributed by atoms with van der Waals surface area (Å²) in [6.45, 7) is 5.00. The molecule has 1 heterocycles. The SMILES string of the molecule is CC(C)Cn1cc(C(O)C(O)CCCl)cn1. The molecule has 1 aromatic heterocycles. The zero-order valence-corrected chi connectivity index (χ0v) is 10.4. The van der Waals surface area contributed by atoms with E-state index in [1.807, 2.05) is 0 Å².